The van der Waals surface area contributed by atoms with Gasteiger partial charge in [-0.3, -0.25) is 9.79 Å². The number of guanidine groups is 1. The standard InChI is InChI=1S/C18H36N6O/c1-4-19-18(21-8-7-20-17(25)16-5-6-16)22-13-15(2)14-24-11-9-23(3)10-12-24/h15-16H,4-14H2,1-3H3,(H,20,25)(H2,19,21,22). The van der Waals surface area contributed by atoms with Gasteiger partial charge in [-0.15, -0.1) is 0 Å². The third-order valence-corrected chi connectivity index (χ3v) is 4.74. The average molecular weight is 353 g/mol. The molecule has 1 aliphatic heterocycles. The fourth-order valence-corrected chi connectivity index (χ4v) is 2.97. The zero-order valence-corrected chi connectivity index (χ0v) is 16.2. The van der Waals surface area contributed by atoms with Crippen LogP contribution in [0.1, 0.15) is 26.7 Å². The fourth-order valence-electron chi connectivity index (χ4n) is 2.97. The van der Waals surface area contributed by atoms with Gasteiger partial charge >= 0.3 is 0 Å². The van der Waals surface area contributed by atoms with Gasteiger partial charge in [-0.25, -0.2) is 0 Å². The molecule has 0 bridgehead atoms. The van der Waals surface area contributed by atoms with E-state index in [1.807, 2.05) is 0 Å². The molecule has 0 aromatic rings. The maximum absolute atomic E-state index is 11.6. The number of hydrogen-bond donors (Lipinski definition) is 3. The molecule has 1 atom stereocenters. The van der Waals surface area contributed by atoms with Crippen LogP contribution in [0.5, 0.6) is 0 Å². The molecule has 144 valence electrons. The zero-order valence-electron chi connectivity index (χ0n) is 16.2. The Morgan fingerprint density at radius 3 is 2.44 bits per heavy atom. The number of nitrogens with one attached hydrogen (secondary N) is 3. The first kappa shape index (κ1) is 20.0. The van der Waals surface area contributed by atoms with Crippen LogP contribution in [-0.2, 0) is 4.79 Å². The number of nitrogens with zero attached hydrogens (tertiary/aromatic N) is 3. The van der Waals surface area contributed by atoms with Crippen molar-refractivity contribution in [2.45, 2.75) is 26.7 Å². The molecule has 7 heteroatoms. The molecule has 7 nitrogen and oxygen atoms in total. The molecule has 1 aliphatic carbocycles. The molecular weight excluding hydrogens is 316 g/mol. The molecule has 1 saturated heterocycles. The second kappa shape index (κ2) is 10.6. The minimum atomic E-state index is 0.199. The van der Waals surface area contributed by atoms with E-state index in [4.69, 9.17) is 4.99 Å². The highest BCUT2D eigenvalue weighted by Crippen LogP contribution is 2.28. The normalized spacial score (nSPS) is 21.0. The highest BCUT2D eigenvalue weighted by Gasteiger charge is 2.28. The van der Waals surface area contributed by atoms with E-state index in [2.05, 4.69) is 46.6 Å². The number of carbonyl (C=O) groups excluding carboxylic acids is 1. The Kier molecular flexibility index (Phi) is 8.48. The summed E-state index contributed by atoms with van der Waals surface area (Å²) in [5.41, 5.74) is 0. The molecule has 25 heavy (non-hydrogen) atoms. The predicted molar refractivity (Wildman–Crippen MR) is 103 cm³/mol. The highest BCUT2D eigenvalue weighted by molar-refractivity contribution is 5.81. The SMILES string of the molecule is CCNC(=NCC(C)CN1CCN(C)CC1)NCCNC(=O)C1CC1. The molecule has 2 aliphatic rings. The minimum absolute atomic E-state index is 0.199. The van der Waals surface area contributed by atoms with Gasteiger partial charge in [0.05, 0.1) is 0 Å². The van der Waals surface area contributed by atoms with E-state index < -0.39 is 0 Å². The quantitative estimate of drug-likeness (QED) is 0.308. The van der Waals surface area contributed by atoms with Gasteiger partial charge in [0.25, 0.3) is 0 Å². The van der Waals surface area contributed by atoms with Crippen molar-refractivity contribution < 1.29 is 4.79 Å². The summed E-state index contributed by atoms with van der Waals surface area (Å²) in [7, 11) is 2.19. The molecule has 1 amide bonds. The Bertz CT molecular complexity index is 429. The van der Waals surface area contributed by atoms with Crippen LogP contribution in [0.2, 0.25) is 0 Å². The molecule has 3 N–H and O–H groups in total. The van der Waals surface area contributed by atoms with Gasteiger partial charge in [0.1, 0.15) is 0 Å². The van der Waals surface area contributed by atoms with Crippen molar-refractivity contribution in [1.82, 2.24) is 25.8 Å². The molecule has 2 rings (SSSR count). The fraction of sp³-hybridized carbons (Fsp3) is 0.889. The topological polar surface area (TPSA) is 72.0 Å². The molecule has 0 aromatic carbocycles. The summed E-state index contributed by atoms with van der Waals surface area (Å²) in [6.07, 6.45) is 2.10. The van der Waals surface area contributed by atoms with E-state index >= 15 is 0 Å². The van der Waals surface area contributed by atoms with Crippen molar-refractivity contribution >= 4 is 11.9 Å². The maximum atomic E-state index is 11.6. The lowest BCUT2D eigenvalue weighted by atomic mass is 10.1. The Balaban J connectivity index is 1.63. The minimum Gasteiger partial charge on any atom is -0.357 e. The van der Waals surface area contributed by atoms with Crippen LogP contribution in [0, 0.1) is 11.8 Å². The van der Waals surface area contributed by atoms with Crippen molar-refractivity contribution in [1.29, 1.82) is 0 Å². The van der Waals surface area contributed by atoms with Crippen molar-refractivity contribution in [3.63, 3.8) is 0 Å². The predicted octanol–water partition coefficient (Wildman–Crippen LogP) is -0.0488. The van der Waals surface area contributed by atoms with Crippen LogP contribution in [0.15, 0.2) is 4.99 Å². The smallest absolute Gasteiger partial charge is 0.223 e. The summed E-state index contributed by atoms with van der Waals surface area (Å²) < 4.78 is 0. The van der Waals surface area contributed by atoms with Gasteiger partial charge in [-0.1, -0.05) is 6.92 Å². The maximum Gasteiger partial charge on any atom is 0.223 e. The average Bonchev–Trinajstić information content (AvgIpc) is 3.43. The van der Waals surface area contributed by atoms with Gasteiger partial charge in [-0.2, -0.15) is 0 Å². The second-order valence-electron chi connectivity index (χ2n) is 7.42. The summed E-state index contributed by atoms with van der Waals surface area (Å²) in [6.45, 7) is 13.1. The Hall–Kier alpha value is -1.34. The molecular formula is C18H36N6O. The Morgan fingerprint density at radius 2 is 1.80 bits per heavy atom. The largest absolute Gasteiger partial charge is 0.357 e. The van der Waals surface area contributed by atoms with Crippen molar-refractivity contribution in [3.05, 3.63) is 0 Å². The summed E-state index contributed by atoms with van der Waals surface area (Å²) in [5.74, 6) is 1.85. The van der Waals surface area contributed by atoms with E-state index in [0.29, 0.717) is 19.0 Å². The van der Waals surface area contributed by atoms with Crippen LogP contribution in [0.25, 0.3) is 0 Å². The van der Waals surface area contributed by atoms with Gasteiger partial charge in [-0.05, 0) is 32.7 Å². The van der Waals surface area contributed by atoms with E-state index in [0.717, 1.165) is 64.6 Å². The number of carbonyl (C=O) groups is 1. The molecule has 1 unspecified atom stereocenters. The van der Waals surface area contributed by atoms with Crippen molar-refractivity contribution in [2.24, 2.45) is 16.8 Å². The number of aliphatic imine (C=N–C) groups is 1. The molecule has 2 fully saturated rings. The highest BCUT2D eigenvalue weighted by atomic mass is 16.2. The van der Waals surface area contributed by atoms with Gasteiger partial charge in [0.15, 0.2) is 5.96 Å². The summed E-state index contributed by atoms with van der Waals surface area (Å²) in [6, 6.07) is 0. The third-order valence-electron chi connectivity index (χ3n) is 4.74. The zero-order chi connectivity index (χ0) is 18.1. The van der Waals surface area contributed by atoms with E-state index in [9.17, 15) is 4.79 Å². The summed E-state index contributed by atoms with van der Waals surface area (Å²) >= 11 is 0. The van der Waals surface area contributed by atoms with Crippen LogP contribution in [0.4, 0.5) is 0 Å². The van der Waals surface area contributed by atoms with Gasteiger partial charge in [0.2, 0.25) is 5.91 Å². The lowest BCUT2D eigenvalue weighted by Crippen LogP contribution is -2.46. The van der Waals surface area contributed by atoms with Gasteiger partial charge < -0.3 is 25.8 Å². The molecule has 0 radical (unpaired) electrons. The van der Waals surface area contributed by atoms with E-state index in [1.54, 1.807) is 0 Å². The molecule has 0 spiro atoms. The Morgan fingerprint density at radius 1 is 1.12 bits per heavy atom. The van der Waals surface area contributed by atoms with E-state index in [1.165, 1.54) is 0 Å². The van der Waals surface area contributed by atoms with E-state index in [-0.39, 0.29) is 11.8 Å². The van der Waals surface area contributed by atoms with Crippen LogP contribution in [0.3, 0.4) is 0 Å². The summed E-state index contributed by atoms with van der Waals surface area (Å²) in [5, 5.41) is 9.55. The van der Waals surface area contributed by atoms with Crippen LogP contribution < -0.4 is 16.0 Å². The lowest BCUT2D eigenvalue weighted by molar-refractivity contribution is -0.122. The first-order chi connectivity index (χ1) is 12.1. The molecule has 0 aromatic heterocycles. The number of likely N-dealkylation sites (N-methyl/N-ethyl adjacent to an activating group) is 1. The van der Waals surface area contributed by atoms with Crippen molar-refractivity contribution in [2.75, 3.05) is 66.0 Å². The third kappa shape index (κ3) is 8.05. The number of rotatable bonds is 9. The van der Waals surface area contributed by atoms with Crippen molar-refractivity contribution in [3.8, 4) is 0 Å². The second-order valence-corrected chi connectivity index (χ2v) is 7.42. The van der Waals surface area contributed by atoms with Crippen LogP contribution in [-0.4, -0.2) is 87.6 Å². The van der Waals surface area contributed by atoms with Crippen LogP contribution >= 0.6 is 0 Å². The number of hydrogen-bond acceptors (Lipinski definition) is 4. The first-order valence-corrected chi connectivity index (χ1v) is 9.79. The molecule has 1 saturated carbocycles. The lowest BCUT2D eigenvalue weighted by Gasteiger charge is -2.33. The molecule has 1 heterocycles. The monoisotopic (exact) mass is 352 g/mol. The Labute approximate surface area is 152 Å². The number of amides is 1. The van der Waals surface area contributed by atoms with Gasteiger partial charge in [0, 0.05) is 64.8 Å². The summed E-state index contributed by atoms with van der Waals surface area (Å²) in [4.78, 5) is 21.2. The number of piperazine rings is 1. The first-order valence-electron chi connectivity index (χ1n) is 9.79.